The summed E-state index contributed by atoms with van der Waals surface area (Å²) in [6.07, 6.45) is 1.94. The molecule has 32 heavy (non-hydrogen) atoms. The molecule has 3 aromatic rings. The molecule has 0 radical (unpaired) electrons. The average Bonchev–Trinajstić information content (AvgIpc) is 3.08. The van der Waals surface area contributed by atoms with E-state index in [2.05, 4.69) is 30.0 Å². The number of aryl methyl sites for hydroxylation is 1. The summed E-state index contributed by atoms with van der Waals surface area (Å²) in [5.74, 6) is 0.831. The Labute approximate surface area is 197 Å². The number of carbonyl (C=O) groups excluding carboxylic acids is 1. The number of nitrogens with zero attached hydrogens (tertiary/aromatic N) is 3. The van der Waals surface area contributed by atoms with E-state index in [0.717, 1.165) is 40.9 Å². The average molecular weight is 462 g/mol. The van der Waals surface area contributed by atoms with Crippen molar-refractivity contribution in [2.75, 3.05) is 31.2 Å². The first-order chi connectivity index (χ1) is 15.6. The summed E-state index contributed by atoms with van der Waals surface area (Å²) in [4.78, 5) is 22.7. The lowest BCUT2D eigenvalue weighted by atomic mass is 10.1. The molecule has 2 fully saturated rings. The lowest BCUT2D eigenvalue weighted by Gasteiger charge is -2.29. The van der Waals surface area contributed by atoms with Crippen molar-refractivity contribution < 1.29 is 9.53 Å². The topological polar surface area (TPSA) is 45.7 Å². The highest BCUT2D eigenvalue weighted by atomic mass is 32.2. The third kappa shape index (κ3) is 4.28. The summed E-state index contributed by atoms with van der Waals surface area (Å²) in [5.41, 5.74) is 4.13. The van der Waals surface area contributed by atoms with Gasteiger partial charge in [0.2, 0.25) is 0 Å². The summed E-state index contributed by atoms with van der Waals surface area (Å²) < 4.78 is 6.11. The second-order valence-corrected chi connectivity index (χ2v) is 9.62. The largest absolute Gasteiger partial charge is 0.378 e. The molecule has 2 aliphatic heterocycles. The number of ether oxygens (including phenoxy) is 1. The van der Waals surface area contributed by atoms with Crippen LogP contribution in [0.25, 0.3) is 17.0 Å². The Kier molecular flexibility index (Phi) is 5.95. The highest BCUT2D eigenvalue weighted by molar-refractivity contribution is 8.26. The van der Waals surface area contributed by atoms with Gasteiger partial charge in [-0.1, -0.05) is 72.0 Å². The van der Waals surface area contributed by atoms with Crippen molar-refractivity contribution in [1.82, 2.24) is 9.88 Å². The van der Waals surface area contributed by atoms with Gasteiger partial charge in [-0.05, 0) is 30.7 Å². The van der Waals surface area contributed by atoms with Crippen LogP contribution in [-0.2, 0) is 16.1 Å². The fourth-order valence-corrected chi connectivity index (χ4v) is 5.16. The van der Waals surface area contributed by atoms with Gasteiger partial charge in [0.05, 0.1) is 30.2 Å². The van der Waals surface area contributed by atoms with E-state index in [1.54, 1.807) is 4.90 Å². The Morgan fingerprint density at radius 3 is 2.66 bits per heavy atom. The zero-order valence-electron chi connectivity index (χ0n) is 17.8. The van der Waals surface area contributed by atoms with Crippen molar-refractivity contribution in [2.24, 2.45) is 0 Å². The molecule has 7 heteroatoms. The summed E-state index contributed by atoms with van der Waals surface area (Å²) in [5, 5.41) is 1.05. The fourth-order valence-electron chi connectivity index (χ4n) is 3.91. The van der Waals surface area contributed by atoms with Gasteiger partial charge in [-0.25, -0.2) is 4.98 Å². The molecule has 5 rings (SSSR count). The predicted molar refractivity (Wildman–Crippen MR) is 135 cm³/mol. The van der Waals surface area contributed by atoms with Gasteiger partial charge in [0, 0.05) is 24.0 Å². The standard InChI is InChI=1S/C25H23N3O2S2/c1-17-6-8-18(9-7-17)16-28-24(29)22(32-25(28)31)15-20-14-19-4-2-3-5-21(19)26-23(20)27-10-12-30-13-11-27/h2-9,14-15H,10-13,16H2,1H3/b22-15-. The number of aromatic nitrogens is 1. The van der Waals surface area contributed by atoms with Crippen molar-refractivity contribution in [3.8, 4) is 0 Å². The quantitative estimate of drug-likeness (QED) is 0.412. The van der Waals surface area contributed by atoms with Crippen molar-refractivity contribution in [1.29, 1.82) is 0 Å². The molecule has 0 spiro atoms. The zero-order valence-corrected chi connectivity index (χ0v) is 19.4. The third-order valence-corrected chi connectivity index (χ3v) is 7.04. The highest BCUT2D eigenvalue weighted by Gasteiger charge is 2.32. The molecular weight excluding hydrogens is 438 g/mol. The Hall–Kier alpha value is -2.74. The predicted octanol–water partition coefficient (Wildman–Crippen LogP) is 4.78. The van der Waals surface area contributed by atoms with E-state index >= 15 is 0 Å². The molecule has 0 saturated carbocycles. The fraction of sp³-hybridized carbons (Fsp3) is 0.240. The first-order valence-corrected chi connectivity index (χ1v) is 11.8. The monoisotopic (exact) mass is 461 g/mol. The van der Waals surface area contributed by atoms with Crippen molar-refractivity contribution >= 4 is 57.0 Å². The normalized spacial score (nSPS) is 18.2. The number of carbonyl (C=O) groups is 1. The number of morpholine rings is 1. The molecule has 2 saturated heterocycles. The molecule has 5 nitrogen and oxygen atoms in total. The second-order valence-electron chi connectivity index (χ2n) is 7.95. The molecule has 2 aliphatic rings. The summed E-state index contributed by atoms with van der Waals surface area (Å²) in [6.45, 7) is 5.44. The number of rotatable bonds is 4. The number of pyridine rings is 1. The first-order valence-electron chi connectivity index (χ1n) is 10.6. The maximum Gasteiger partial charge on any atom is 0.266 e. The molecule has 0 N–H and O–H groups in total. The van der Waals surface area contributed by atoms with Crippen LogP contribution in [0.2, 0.25) is 0 Å². The van der Waals surface area contributed by atoms with Gasteiger partial charge in [0.15, 0.2) is 0 Å². The summed E-state index contributed by atoms with van der Waals surface area (Å²) in [6, 6.07) is 18.4. The Bertz CT molecular complexity index is 1220. The van der Waals surface area contributed by atoms with Gasteiger partial charge in [0.25, 0.3) is 5.91 Å². The van der Waals surface area contributed by atoms with Crippen LogP contribution in [0.3, 0.4) is 0 Å². The van der Waals surface area contributed by atoms with E-state index in [1.165, 1.54) is 17.3 Å². The number of hydrogen-bond donors (Lipinski definition) is 0. The minimum Gasteiger partial charge on any atom is -0.378 e. The van der Waals surface area contributed by atoms with Crippen LogP contribution in [0.4, 0.5) is 5.82 Å². The van der Waals surface area contributed by atoms with E-state index in [1.807, 2.05) is 42.5 Å². The lowest BCUT2D eigenvalue weighted by Crippen LogP contribution is -2.37. The number of benzene rings is 2. The molecule has 2 aromatic carbocycles. The van der Waals surface area contributed by atoms with E-state index < -0.39 is 0 Å². The van der Waals surface area contributed by atoms with E-state index in [-0.39, 0.29) is 5.91 Å². The molecule has 162 valence electrons. The molecule has 0 unspecified atom stereocenters. The third-order valence-electron chi connectivity index (χ3n) is 5.66. The summed E-state index contributed by atoms with van der Waals surface area (Å²) >= 11 is 6.91. The van der Waals surface area contributed by atoms with Crippen LogP contribution in [0.15, 0.2) is 59.5 Å². The van der Waals surface area contributed by atoms with Crippen LogP contribution in [0.5, 0.6) is 0 Å². The lowest BCUT2D eigenvalue weighted by molar-refractivity contribution is -0.122. The highest BCUT2D eigenvalue weighted by Crippen LogP contribution is 2.36. The van der Waals surface area contributed by atoms with Crippen molar-refractivity contribution in [3.05, 3.63) is 76.2 Å². The molecule has 0 aliphatic carbocycles. The van der Waals surface area contributed by atoms with E-state index in [4.69, 9.17) is 21.9 Å². The second kappa shape index (κ2) is 9.02. The number of amides is 1. The van der Waals surface area contributed by atoms with Crippen LogP contribution in [0.1, 0.15) is 16.7 Å². The molecule has 1 amide bonds. The first kappa shape index (κ1) is 21.1. The van der Waals surface area contributed by atoms with Gasteiger partial charge in [-0.2, -0.15) is 0 Å². The number of thiocarbonyl (C=S) groups is 1. The maximum absolute atomic E-state index is 13.2. The Morgan fingerprint density at radius 1 is 1.12 bits per heavy atom. The Morgan fingerprint density at radius 2 is 1.88 bits per heavy atom. The van der Waals surface area contributed by atoms with Crippen LogP contribution in [0, 0.1) is 6.92 Å². The molecular formula is C25H23N3O2S2. The van der Waals surface area contributed by atoms with Gasteiger partial charge in [-0.3, -0.25) is 9.69 Å². The molecule has 0 atom stereocenters. The van der Waals surface area contributed by atoms with Gasteiger partial charge >= 0.3 is 0 Å². The minimum atomic E-state index is -0.0540. The number of para-hydroxylation sites is 1. The van der Waals surface area contributed by atoms with Crippen LogP contribution in [-0.4, -0.2) is 46.4 Å². The minimum absolute atomic E-state index is 0.0540. The maximum atomic E-state index is 13.2. The zero-order chi connectivity index (χ0) is 22.1. The smallest absolute Gasteiger partial charge is 0.266 e. The van der Waals surface area contributed by atoms with Gasteiger partial charge in [-0.15, -0.1) is 0 Å². The SMILES string of the molecule is Cc1ccc(CN2C(=O)/C(=C/c3cc4ccccc4nc3N3CCOCC3)SC2=S)cc1. The van der Waals surface area contributed by atoms with Gasteiger partial charge in [0.1, 0.15) is 10.1 Å². The van der Waals surface area contributed by atoms with Crippen molar-refractivity contribution in [3.63, 3.8) is 0 Å². The van der Waals surface area contributed by atoms with Gasteiger partial charge < -0.3 is 9.64 Å². The number of fused-ring (bicyclic) bond motifs is 1. The Balaban J connectivity index is 1.49. The number of anilines is 1. The molecule has 1 aromatic heterocycles. The summed E-state index contributed by atoms with van der Waals surface area (Å²) in [7, 11) is 0. The number of hydrogen-bond acceptors (Lipinski definition) is 6. The van der Waals surface area contributed by atoms with E-state index in [9.17, 15) is 4.79 Å². The molecule has 0 bridgehead atoms. The van der Waals surface area contributed by atoms with Crippen LogP contribution < -0.4 is 4.90 Å². The van der Waals surface area contributed by atoms with E-state index in [0.29, 0.717) is 29.0 Å². The number of thioether (sulfide) groups is 1. The molecule has 3 heterocycles. The van der Waals surface area contributed by atoms with Crippen LogP contribution >= 0.6 is 24.0 Å². The van der Waals surface area contributed by atoms with Crippen molar-refractivity contribution in [2.45, 2.75) is 13.5 Å².